The van der Waals surface area contributed by atoms with Gasteiger partial charge >= 0.3 is 127 Å². The van der Waals surface area contributed by atoms with Crippen LogP contribution in [0.15, 0.2) is 70.1 Å². The van der Waals surface area contributed by atoms with Crippen LogP contribution in [0.4, 0.5) is 0 Å². The predicted octanol–water partition coefficient (Wildman–Crippen LogP) is 1.27. The molecule has 0 unspecified atom stereocenters. The molecule has 1 nitrogen and oxygen atoms in total. The zero-order chi connectivity index (χ0) is 13.3. The van der Waals surface area contributed by atoms with E-state index in [0.717, 1.165) is 6.42 Å². The van der Waals surface area contributed by atoms with E-state index >= 15 is 0 Å². The molecule has 0 atom stereocenters. The van der Waals surface area contributed by atoms with Crippen molar-refractivity contribution in [2.45, 2.75) is 6.42 Å². The summed E-state index contributed by atoms with van der Waals surface area (Å²) in [5.41, 5.74) is 0. The Labute approximate surface area is 127 Å². The molecule has 0 aliphatic heterocycles. The Bertz CT molecular complexity index is 509. The average molecular weight is 382 g/mol. The molecule has 98 valence electrons. The van der Waals surface area contributed by atoms with E-state index in [-0.39, 0.29) is 6.61 Å². The first-order valence-electron chi connectivity index (χ1n) is 6.13. The van der Waals surface area contributed by atoms with Gasteiger partial charge in [0.05, 0.1) is 0 Å². The maximum atomic E-state index is 9.19. The van der Waals surface area contributed by atoms with Crippen LogP contribution in [-0.4, -0.2) is 41.6 Å². The standard InChI is InChI=1S/C16H16OSe2/c17-12-11-16(19-15-9-5-2-6-10-15)13-18-14-7-3-1-4-8-14/h1-10,13,17H,11-12H2/b16-13+. The Balaban J connectivity index is 2.03. The quantitative estimate of drug-likeness (QED) is 0.747. The van der Waals surface area contributed by atoms with Crippen LogP contribution in [-0.2, 0) is 0 Å². The Morgan fingerprint density at radius 1 is 0.895 bits per heavy atom. The second-order valence-corrected chi connectivity index (χ2v) is 8.40. The third-order valence-corrected chi connectivity index (χ3v) is 7.45. The van der Waals surface area contributed by atoms with Gasteiger partial charge in [0.1, 0.15) is 0 Å². The van der Waals surface area contributed by atoms with Gasteiger partial charge in [0.25, 0.3) is 0 Å². The number of benzene rings is 2. The molecule has 2 rings (SSSR count). The van der Waals surface area contributed by atoms with Crippen LogP contribution in [0, 0.1) is 0 Å². The summed E-state index contributed by atoms with van der Waals surface area (Å²) in [6.07, 6.45) is 0.795. The average Bonchev–Trinajstić information content (AvgIpc) is 2.47. The molecule has 0 saturated carbocycles. The van der Waals surface area contributed by atoms with Gasteiger partial charge in [-0.05, 0) is 0 Å². The molecule has 2 aromatic rings. The number of hydrogen-bond donors (Lipinski definition) is 1. The number of aliphatic hydroxyl groups excluding tert-OH is 1. The van der Waals surface area contributed by atoms with Crippen LogP contribution in [0.3, 0.4) is 0 Å². The van der Waals surface area contributed by atoms with Gasteiger partial charge in [-0.3, -0.25) is 0 Å². The zero-order valence-electron chi connectivity index (χ0n) is 10.5. The third-order valence-electron chi connectivity index (χ3n) is 2.42. The van der Waals surface area contributed by atoms with Crippen molar-refractivity contribution in [3.05, 3.63) is 70.1 Å². The molecule has 3 heteroatoms. The molecule has 0 saturated heterocycles. The van der Waals surface area contributed by atoms with Crippen LogP contribution in [0.2, 0.25) is 0 Å². The van der Waals surface area contributed by atoms with Crippen LogP contribution in [0.5, 0.6) is 0 Å². The third kappa shape index (κ3) is 5.36. The monoisotopic (exact) mass is 384 g/mol. The van der Waals surface area contributed by atoms with E-state index in [1.165, 1.54) is 13.4 Å². The summed E-state index contributed by atoms with van der Waals surface area (Å²) in [6.45, 7) is 0.241. The van der Waals surface area contributed by atoms with Crippen molar-refractivity contribution < 1.29 is 5.11 Å². The van der Waals surface area contributed by atoms with E-state index in [2.05, 4.69) is 53.5 Å². The van der Waals surface area contributed by atoms with Crippen molar-refractivity contribution in [1.82, 2.24) is 0 Å². The topological polar surface area (TPSA) is 20.2 Å². The molecule has 0 amide bonds. The van der Waals surface area contributed by atoms with Gasteiger partial charge in [-0.1, -0.05) is 0 Å². The summed E-state index contributed by atoms with van der Waals surface area (Å²) in [5.74, 6) is 0. The molecule has 0 fully saturated rings. The minimum absolute atomic E-state index is 0.241. The van der Waals surface area contributed by atoms with Gasteiger partial charge in [-0.25, -0.2) is 0 Å². The fourth-order valence-electron chi connectivity index (χ4n) is 1.52. The van der Waals surface area contributed by atoms with Crippen molar-refractivity contribution in [3.8, 4) is 0 Å². The molecule has 0 heterocycles. The summed E-state index contributed by atoms with van der Waals surface area (Å²) in [4.78, 5) is 2.34. The minimum atomic E-state index is 0.241. The van der Waals surface area contributed by atoms with Crippen molar-refractivity contribution in [1.29, 1.82) is 0 Å². The molecular formula is C16H16OSe2. The fourth-order valence-corrected chi connectivity index (χ4v) is 5.79. The number of hydrogen-bond acceptors (Lipinski definition) is 1. The Kier molecular flexibility index (Phi) is 6.42. The van der Waals surface area contributed by atoms with Gasteiger partial charge in [-0.2, -0.15) is 0 Å². The molecule has 0 spiro atoms. The predicted molar refractivity (Wildman–Crippen MR) is 83.4 cm³/mol. The van der Waals surface area contributed by atoms with Gasteiger partial charge in [0.2, 0.25) is 0 Å². The number of rotatable bonds is 6. The summed E-state index contributed by atoms with van der Waals surface area (Å²) < 4.78 is 4.15. The van der Waals surface area contributed by atoms with Crippen LogP contribution >= 0.6 is 0 Å². The SMILES string of the molecule is OCC/C(=C\[Se]c1ccccc1)[Se]c1ccccc1. The second kappa shape index (κ2) is 8.37. The first-order chi connectivity index (χ1) is 9.38. The molecule has 2 aromatic carbocycles. The van der Waals surface area contributed by atoms with Gasteiger partial charge in [0, 0.05) is 0 Å². The maximum absolute atomic E-state index is 9.19. The molecular weight excluding hydrogens is 366 g/mol. The normalized spacial score (nSPS) is 11.5. The second-order valence-electron chi connectivity index (χ2n) is 3.90. The molecule has 0 bridgehead atoms. The summed E-state index contributed by atoms with van der Waals surface area (Å²) in [7, 11) is 0. The zero-order valence-corrected chi connectivity index (χ0v) is 14.0. The van der Waals surface area contributed by atoms with Crippen LogP contribution in [0.1, 0.15) is 6.42 Å². The van der Waals surface area contributed by atoms with Gasteiger partial charge in [0.15, 0.2) is 0 Å². The van der Waals surface area contributed by atoms with Crippen molar-refractivity contribution in [2.75, 3.05) is 6.61 Å². The van der Waals surface area contributed by atoms with Crippen LogP contribution in [0.25, 0.3) is 0 Å². The molecule has 19 heavy (non-hydrogen) atoms. The first-order valence-corrected chi connectivity index (χ1v) is 9.69. The Morgan fingerprint density at radius 2 is 1.47 bits per heavy atom. The van der Waals surface area contributed by atoms with Crippen molar-refractivity contribution >= 4 is 38.8 Å². The molecule has 1 N–H and O–H groups in total. The van der Waals surface area contributed by atoms with E-state index in [1.807, 2.05) is 12.1 Å². The first kappa shape index (κ1) is 14.6. The molecule has 0 aromatic heterocycles. The van der Waals surface area contributed by atoms with E-state index in [0.29, 0.717) is 29.9 Å². The Hall–Kier alpha value is -0.821. The molecule has 0 aliphatic carbocycles. The Morgan fingerprint density at radius 3 is 2.05 bits per heavy atom. The summed E-state index contributed by atoms with van der Waals surface area (Å²) >= 11 is 0.697. The van der Waals surface area contributed by atoms with E-state index in [9.17, 15) is 5.11 Å². The summed E-state index contributed by atoms with van der Waals surface area (Å²) in [5, 5.41) is 9.19. The fraction of sp³-hybridized carbons (Fsp3) is 0.125. The van der Waals surface area contributed by atoms with Crippen molar-refractivity contribution in [3.63, 3.8) is 0 Å². The van der Waals surface area contributed by atoms with Gasteiger partial charge < -0.3 is 0 Å². The number of aliphatic hydroxyl groups is 1. The van der Waals surface area contributed by atoms with Gasteiger partial charge in [-0.15, -0.1) is 0 Å². The van der Waals surface area contributed by atoms with Crippen molar-refractivity contribution in [2.24, 2.45) is 0 Å². The van der Waals surface area contributed by atoms with Crippen LogP contribution < -0.4 is 8.92 Å². The van der Waals surface area contributed by atoms with E-state index in [1.54, 1.807) is 0 Å². The van der Waals surface area contributed by atoms with E-state index < -0.39 is 0 Å². The molecule has 0 aliphatic rings. The summed E-state index contributed by atoms with van der Waals surface area (Å²) in [6, 6.07) is 21.1. The molecule has 0 radical (unpaired) electrons. The van der Waals surface area contributed by atoms with E-state index in [4.69, 9.17) is 0 Å².